The molecule has 0 aliphatic heterocycles. The Morgan fingerprint density at radius 3 is 2.61 bits per heavy atom. The van der Waals surface area contributed by atoms with Crippen molar-refractivity contribution in [2.45, 2.75) is 58.1 Å². The number of aliphatic hydroxyl groups excluding tert-OH is 1. The fraction of sp³-hybridized carbons (Fsp3) is 0.650. The molecule has 0 heterocycles. The zero-order valence-electron chi connectivity index (χ0n) is 14.1. The van der Waals surface area contributed by atoms with Crippen LogP contribution < -0.4 is 5.32 Å². The summed E-state index contributed by atoms with van der Waals surface area (Å²) in [6, 6.07) is 9.45. The van der Waals surface area contributed by atoms with E-state index in [0.717, 1.165) is 5.92 Å². The summed E-state index contributed by atoms with van der Waals surface area (Å²) in [4.78, 5) is 12.6. The number of rotatable bonds is 3. The van der Waals surface area contributed by atoms with Gasteiger partial charge in [0, 0.05) is 6.04 Å². The zero-order valence-corrected chi connectivity index (χ0v) is 14.1. The molecule has 2 N–H and O–H groups in total. The van der Waals surface area contributed by atoms with Gasteiger partial charge in [-0.2, -0.15) is 0 Å². The molecule has 0 spiro atoms. The minimum Gasteiger partial charge on any atom is -0.378 e. The van der Waals surface area contributed by atoms with Crippen LogP contribution in [0.4, 0.5) is 0 Å². The summed E-state index contributed by atoms with van der Waals surface area (Å²) < 4.78 is 0. The third-order valence-corrected chi connectivity index (χ3v) is 6.64. The summed E-state index contributed by atoms with van der Waals surface area (Å²) in [6.07, 6.45) is 5.22. The maximum Gasteiger partial charge on any atom is 0.253 e. The molecule has 23 heavy (non-hydrogen) atoms. The third kappa shape index (κ3) is 2.50. The van der Waals surface area contributed by atoms with Crippen LogP contribution in [-0.4, -0.2) is 17.1 Å². The number of aliphatic hydroxyl groups is 1. The Labute approximate surface area is 138 Å². The van der Waals surface area contributed by atoms with Crippen LogP contribution in [0.2, 0.25) is 0 Å². The molecule has 1 aromatic carbocycles. The summed E-state index contributed by atoms with van der Waals surface area (Å²) in [5.74, 6) is 1.18. The molecule has 3 nitrogen and oxygen atoms in total. The van der Waals surface area contributed by atoms with Crippen LogP contribution in [0.15, 0.2) is 30.3 Å². The molecule has 2 unspecified atom stereocenters. The van der Waals surface area contributed by atoms with Crippen molar-refractivity contribution in [3.63, 3.8) is 0 Å². The number of amides is 1. The van der Waals surface area contributed by atoms with E-state index in [1.807, 2.05) is 30.3 Å². The molecule has 5 rings (SSSR count). The van der Waals surface area contributed by atoms with E-state index in [1.54, 1.807) is 0 Å². The molecule has 0 aromatic heterocycles. The van der Waals surface area contributed by atoms with Gasteiger partial charge in [-0.05, 0) is 60.3 Å². The minimum atomic E-state index is -1.06. The number of carbonyl (C=O) groups is 1. The van der Waals surface area contributed by atoms with E-state index in [4.69, 9.17) is 0 Å². The Bertz CT molecular complexity index is 615. The number of hydrogen-bond donors (Lipinski definition) is 2. The zero-order chi connectivity index (χ0) is 16.2. The van der Waals surface area contributed by atoms with Crippen LogP contribution in [0.3, 0.4) is 0 Å². The van der Waals surface area contributed by atoms with Crippen molar-refractivity contribution in [1.82, 2.24) is 5.32 Å². The fourth-order valence-corrected chi connectivity index (χ4v) is 6.39. The predicted molar refractivity (Wildman–Crippen MR) is 89.6 cm³/mol. The van der Waals surface area contributed by atoms with Crippen molar-refractivity contribution in [3.05, 3.63) is 35.9 Å². The average Bonchev–Trinajstić information content (AvgIpc) is 2.49. The van der Waals surface area contributed by atoms with Crippen molar-refractivity contribution in [1.29, 1.82) is 0 Å². The second-order valence-corrected chi connectivity index (χ2v) is 8.92. The van der Waals surface area contributed by atoms with Crippen LogP contribution >= 0.6 is 0 Å². The SMILES string of the molecule is C[C@@]12C[C@H]3C[C@@H](C1)C(NC(=O)C(O)c1ccccc1)[C@](C)(C3)C2. The van der Waals surface area contributed by atoms with Gasteiger partial charge in [-0.1, -0.05) is 44.2 Å². The Kier molecular flexibility index (Phi) is 3.35. The first-order valence-corrected chi connectivity index (χ1v) is 8.92. The van der Waals surface area contributed by atoms with Crippen LogP contribution in [0.25, 0.3) is 0 Å². The highest BCUT2D eigenvalue weighted by Gasteiger charge is 2.59. The molecule has 4 saturated carbocycles. The Morgan fingerprint density at radius 2 is 1.96 bits per heavy atom. The molecule has 1 aromatic rings. The molecular formula is C20H27NO2. The van der Waals surface area contributed by atoms with Gasteiger partial charge in [0.1, 0.15) is 0 Å². The van der Waals surface area contributed by atoms with Crippen LogP contribution in [-0.2, 0) is 4.79 Å². The summed E-state index contributed by atoms with van der Waals surface area (Å²) in [7, 11) is 0. The number of hydrogen-bond acceptors (Lipinski definition) is 2. The van der Waals surface area contributed by atoms with Gasteiger partial charge in [0.15, 0.2) is 6.10 Å². The number of nitrogens with one attached hydrogen (secondary N) is 1. The maximum atomic E-state index is 12.6. The minimum absolute atomic E-state index is 0.199. The quantitative estimate of drug-likeness (QED) is 0.898. The Morgan fingerprint density at radius 1 is 1.22 bits per heavy atom. The predicted octanol–water partition coefficient (Wildman–Crippen LogP) is 3.44. The highest BCUT2D eigenvalue weighted by Crippen LogP contribution is 2.64. The van der Waals surface area contributed by atoms with Gasteiger partial charge >= 0.3 is 0 Å². The second-order valence-electron chi connectivity index (χ2n) is 8.92. The van der Waals surface area contributed by atoms with E-state index in [1.165, 1.54) is 32.1 Å². The summed E-state index contributed by atoms with van der Waals surface area (Å²) in [5.41, 5.74) is 1.34. The largest absolute Gasteiger partial charge is 0.378 e. The summed E-state index contributed by atoms with van der Waals surface area (Å²) in [6.45, 7) is 4.78. The Hall–Kier alpha value is -1.35. The normalized spacial score (nSPS) is 42.5. The van der Waals surface area contributed by atoms with Gasteiger partial charge in [0.25, 0.3) is 5.91 Å². The van der Waals surface area contributed by atoms with Crippen molar-refractivity contribution < 1.29 is 9.90 Å². The second kappa shape index (κ2) is 5.07. The lowest BCUT2D eigenvalue weighted by Gasteiger charge is -2.64. The van der Waals surface area contributed by atoms with Gasteiger partial charge in [-0.3, -0.25) is 4.79 Å². The molecule has 0 saturated heterocycles. The van der Waals surface area contributed by atoms with Crippen LogP contribution in [0.1, 0.15) is 57.6 Å². The van der Waals surface area contributed by atoms with E-state index in [0.29, 0.717) is 16.9 Å². The van der Waals surface area contributed by atoms with Crippen molar-refractivity contribution in [3.8, 4) is 0 Å². The lowest BCUT2D eigenvalue weighted by molar-refractivity contribution is -0.145. The standard InChI is InChI=1S/C20H27NO2/c1-19-9-13-8-15(11-19)17(20(2,10-13)12-19)21-18(23)16(22)14-6-4-3-5-7-14/h3-7,13,15-17,22H,8-12H2,1-2H3,(H,21,23)/t13-,15+,16?,17?,19-,20-/m1/s1. The van der Waals surface area contributed by atoms with Crippen molar-refractivity contribution in [2.24, 2.45) is 22.7 Å². The van der Waals surface area contributed by atoms with E-state index in [9.17, 15) is 9.90 Å². The molecule has 1 amide bonds. The molecular weight excluding hydrogens is 286 g/mol. The Balaban J connectivity index is 1.52. The molecule has 6 atom stereocenters. The molecule has 0 radical (unpaired) electrons. The van der Waals surface area contributed by atoms with E-state index < -0.39 is 6.10 Å². The highest BCUT2D eigenvalue weighted by atomic mass is 16.3. The molecule has 3 heteroatoms. The van der Waals surface area contributed by atoms with Crippen molar-refractivity contribution >= 4 is 5.91 Å². The third-order valence-electron chi connectivity index (χ3n) is 6.64. The van der Waals surface area contributed by atoms with E-state index in [2.05, 4.69) is 19.2 Å². The first-order valence-electron chi connectivity index (χ1n) is 8.92. The number of benzene rings is 1. The lowest BCUT2D eigenvalue weighted by Crippen LogP contribution is -2.63. The van der Waals surface area contributed by atoms with Gasteiger partial charge in [-0.15, -0.1) is 0 Å². The average molecular weight is 313 g/mol. The first kappa shape index (κ1) is 15.2. The van der Waals surface area contributed by atoms with Crippen LogP contribution in [0.5, 0.6) is 0 Å². The van der Waals surface area contributed by atoms with Gasteiger partial charge in [0.2, 0.25) is 0 Å². The van der Waals surface area contributed by atoms with E-state index >= 15 is 0 Å². The van der Waals surface area contributed by atoms with Gasteiger partial charge in [0.05, 0.1) is 0 Å². The summed E-state index contributed by atoms with van der Waals surface area (Å²) >= 11 is 0. The number of carbonyl (C=O) groups excluding carboxylic acids is 1. The van der Waals surface area contributed by atoms with Gasteiger partial charge in [-0.25, -0.2) is 0 Å². The lowest BCUT2D eigenvalue weighted by atomic mass is 9.43. The van der Waals surface area contributed by atoms with Crippen LogP contribution in [0, 0.1) is 22.7 Å². The fourth-order valence-electron chi connectivity index (χ4n) is 6.39. The van der Waals surface area contributed by atoms with Crippen molar-refractivity contribution in [2.75, 3.05) is 0 Å². The smallest absolute Gasteiger partial charge is 0.253 e. The van der Waals surface area contributed by atoms with Gasteiger partial charge < -0.3 is 10.4 Å². The molecule has 124 valence electrons. The monoisotopic (exact) mass is 313 g/mol. The highest BCUT2D eigenvalue weighted by molar-refractivity contribution is 5.82. The van der Waals surface area contributed by atoms with E-state index in [-0.39, 0.29) is 17.4 Å². The molecule has 4 aliphatic carbocycles. The first-order chi connectivity index (χ1) is 10.9. The molecule has 4 aliphatic rings. The summed E-state index contributed by atoms with van der Waals surface area (Å²) in [5, 5.41) is 13.6. The molecule has 4 fully saturated rings. The topological polar surface area (TPSA) is 49.3 Å². The maximum absolute atomic E-state index is 12.6. The molecule has 4 bridgehead atoms.